The lowest BCUT2D eigenvalue weighted by Gasteiger charge is -2.07. The average Bonchev–Trinajstić information content (AvgIpc) is 2.82. The van der Waals surface area contributed by atoms with Crippen LogP contribution in [0.4, 0.5) is 5.69 Å². The van der Waals surface area contributed by atoms with Crippen LogP contribution in [0, 0.1) is 6.92 Å². The van der Waals surface area contributed by atoms with Crippen molar-refractivity contribution in [1.82, 2.24) is 9.38 Å². The summed E-state index contributed by atoms with van der Waals surface area (Å²) in [6.07, 6.45) is 0. The Morgan fingerprint density at radius 3 is 2.86 bits per heavy atom. The van der Waals surface area contributed by atoms with Crippen molar-refractivity contribution < 1.29 is 0 Å². The first-order valence-electron chi connectivity index (χ1n) is 6.20. The number of hydrogen-bond donors (Lipinski definition) is 1. The molecule has 7 heteroatoms. The second-order valence-corrected chi connectivity index (χ2v) is 6.21. The molecule has 0 fully saturated rings. The minimum atomic E-state index is -0.0651. The summed E-state index contributed by atoms with van der Waals surface area (Å²) >= 11 is 13.3. The second kappa shape index (κ2) is 5.67. The minimum absolute atomic E-state index is 0.0651. The van der Waals surface area contributed by atoms with E-state index >= 15 is 0 Å². The molecule has 4 nitrogen and oxygen atoms in total. The first-order valence-corrected chi connectivity index (χ1v) is 7.84. The third kappa shape index (κ3) is 2.90. The van der Waals surface area contributed by atoms with E-state index in [1.807, 2.05) is 18.4 Å². The van der Waals surface area contributed by atoms with E-state index in [1.54, 1.807) is 16.5 Å². The molecule has 2 heterocycles. The van der Waals surface area contributed by atoms with Gasteiger partial charge in [0.1, 0.15) is 0 Å². The van der Waals surface area contributed by atoms with Gasteiger partial charge in [0, 0.05) is 22.8 Å². The largest absolute Gasteiger partial charge is 0.379 e. The van der Waals surface area contributed by atoms with E-state index in [4.69, 9.17) is 23.2 Å². The predicted octanol–water partition coefficient (Wildman–Crippen LogP) is 3.98. The van der Waals surface area contributed by atoms with Gasteiger partial charge in [-0.25, -0.2) is 4.98 Å². The van der Waals surface area contributed by atoms with Crippen LogP contribution in [0.15, 0.2) is 34.4 Å². The highest BCUT2D eigenvalue weighted by molar-refractivity contribution is 7.15. The van der Waals surface area contributed by atoms with Crippen LogP contribution in [-0.2, 0) is 6.54 Å². The van der Waals surface area contributed by atoms with Gasteiger partial charge in [0.05, 0.1) is 22.3 Å². The topological polar surface area (TPSA) is 46.4 Å². The van der Waals surface area contributed by atoms with E-state index in [2.05, 4.69) is 10.3 Å². The van der Waals surface area contributed by atoms with Gasteiger partial charge in [-0.05, 0) is 25.1 Å². The Labute approximate surface area is 135 Å². The summed E-state index contributed by atoms with van der Waals surface area (Å²) in [7, 11) is 0. The smallest absolute Gasteiger partial charge is 0.259 e. The maximum atomic E-state index is 12.1. The van der Waals surface area contributed by atoms with Crippen LogP contribution in [0.1, 0.15) is 11.4 Å². The zero-order valence-corrected chi connectivity index (χ0v) is 13.4. The molecule has 3 rings (SSSR count). The molecule has 0 unspecified atom stereocenters. The monoisotopic (exact) mass is 339 g/mol. The standard InChI is InChI=1S/C14H11Cl2N3OS/c1-8-7-21-14-18-10(5-13(20)19(8)14)6-17-9-2-3-11(15)12(16)4-9/h2-5,7,17H,6H2,1H3. The van der Waals surface area contributed by atoms with Gasteiger partial charge in [-0.15, -0.1) is 11.3 Å². The predicted molar refractivity (Wildman–Crippen MR) is 87.9 cm³/mol. The van der Waals surface area contributed by atoms with Crippen molar-refractivity contribution >= 4 is 45.2 Å². The molecule has 108 valence electrons. The van der Waals surface area contributed by atoms with E-state index in [0.717, 1.165) is 11.4 Å². The third-order valence-corrected chi connectivity index (χ3v) is 4.70. The highest BCUT2D eigenvalue weighted by atomic mass is 35.5. The summed E-state index contributed by atoms with van der Waals surface area (Å²) in [6.45, 7) is 2.33. The summed E-state index contributed by atoms with van der Waals surface area (Å²) in [5.41, 5.74) is 2.35. The summed E-state index contributed by atoms with van der Waals surface area (Å²) in [6, 6.07) is 6.83. The number of nitrogens with one attached hydrogen (secondary N) is 1. The van der Waals surface area contributed by atoms with Crippen molar-refractivity contribution in [3.8, 4) is 0 Å². The summed E-state index contributed by atoms with van der Waals surface area (Å²) in [5, 5.41) is 6.09. The maximum absolute atomic E-state index is 12.1. The molecule has 0 bridgehead atoms. The molecule has 1 N–H and O–H groups in total. The number of benzene rings is 1. The summed E-state index contributed by atoms with van der Waals surface area (Å²) < 4.78 is 1.60. The number of halogens is 2. The highest BCUT2D eigenvalue weighted by Gasteiger charge is 2.06. The molecule has 0 aliphatic carbocycles. The van der Waals surface area contributed by atoms with E-state index in [0.29, 0.717) is 27.2 Å². The molecule has 0 saturated carbocycles. The number of hydrogen-bond acceptors (Lipinski definition) is 4. The van der Waals surface area contributed by atoms with Crippen LogP contribution in [0.5, 0.6) is 0 Å². The number of rotatable bonds is 3. The second-order valence-electron chi connectivity index (χ2n) is 4.56. The number of aryl methyl sites for hydroxylation is 1. The molecule has 3 aromatic rings. The van der Waals surface area contributed by atoms with Gasteiger partial charge in [0.15, 0.2) is 4.96 Å². The van der Waals surface area contributed by atoms with Gasteiger partial charge in [-0.1, -0.05) is 23.2 Å². The van der Waals surface area contributed by atoms with Crippen LogP contribution < -0.4 is 10.9 Å². The van der Waals surface area contributed by atoms with E-state index in [1.165, 1.54) is 17.4 Å². The van der Waals surface area contributed by atoms with Crippen molar-refractivity contribution in [3.63, 3.8) is 0 Å². The van der Waals surface area contributed by atoms with Gasteiger partial charge in [-0.3, -0.25) is 9.20 Å². The average molecular weight is 340 g/mol. The zero-order valence-electron chi connectivity index (χ0n) is 11.1. The highest BCUT2D eigenvalue weighted by Crippen LogP contribution is 2.25. The van der Waals surface area contributed by atoms with Crippen LogP contribution in [0.25, 0.3) is 4.96 Å². The SMILES string of the molecule is Cc1csc2nc(CNc3ccc(Cl)c(Cl)c3)cc(=O)n12. The van der Waals surface area contributed by atoms with Crippen molar-refractivity contribution in [2.24, 2.45) is 0 Å². The normalized spacial score (nSPS) is 11.0. The third-order valence-electron chi connectivity index (χ3n) is 3.02. The lowest BCUT2D eigenvalue weighted by Crippen LogP contribution is -2.16. The van der Waals surface area contributed by atoms with Crippen molar-refractivity contribution in [2.75, 3.05) is 5.32 Å². The maximum Gasteiger partial charge on any atom is 0.259 e. The minimum Gasteiger partial charge on any atom is -0.379 e. The van der Waals surface area contributed by atoms with E-state index in [-0.39, 0.29) is 5.56 Å². The zero-order chi connectivity index (χ0) is 15.0. The fourth-order valence-electron chi connectivity index (χ4n) is 1.99. The molecule has 0 saturated heterocycles. The Bertz CT molecular complexity index is 872. The van der Waals surface area contributed by atoms with Crippen LogP contribution >= 0.6 is 34.5 Å². The lowest BCUT2D eigenvalue weighted by molar-refractivity contribution is 0.966. The molecule has 0 radical (unpaired) electrons. The molecular weight excluding hydrogens is 329 g/mol. The van der Waals surface area contributed by atoms with E-state index in [9.17, 15) is 4.79 Å². The first-order chi connectivity index (χ1) is 10.0. The Morgan fingerprint density at radius 1 is 1.29 bits per heavy atom. The molecule has 0 amide bonds. The van der Waals surface area contributed by atoms with Crippen molar-refractivity contribution in [3.05, 3.63) is 61.4 Å². The van der Waals surface area contributed by atoms with Crippen molar-refractivity contribution in [1.29, 1.82) is 0 Å². The Morgan fingerprint density at radius 2 is 2.10 bits per heavy atom. The van der Waals surface area contributed by atoms with Gasteiger partial charge in [0.25, 0.3) is 5.56 Å². The fourth-order valence-corrected chi connectivity index (χ4v) is 3.18. The number of nitrogens with zero attached hydrogens (tertiary/aromatic N) is 2. The summed E-state index contributed by atoms with van der Waals surface area (Å²) in [4.78, 5) is 17.2. The molecule has 21 heavy (non-hydrogen) atoms. The van der Waals surface area contributed by atoms with Gasteiger partial charge in [-0.2, -0.15) is 0 Å². The lowest BCUT2D eigenvalue weighted by atomic mass is 10.3. The summed E-state index contributed by atoms with van der Waals surface area (Å²) in [5.74, 6) is 0. The molecule has 0 aliphatic rings. The number of anilines is 1. The van der Waals surface area contributed by atoms with Crippen LogP contribution in [0.2, 0.25) is 10.0 Å². The van der Waals surface area contributed by atoms with Crippen molar-refractivity contribution in [2.45, 2.75) is 13.5 Å². The van der Waals surface area contributed by atoms with E-state index < -0.39 is 0 Å². The van der Waals surface area contributed by atoms with Gasteiger partial charge in [0.2, 0.25) is 0 Å². The van der Waals surface area contributed by atoms with Gasteiger partial charge >= 0.3 is 0 Å². The number of fused-ring (bicyclic) bond motifs is 1. The molecule has 2 aromatic heterocycles. The van der Waals surface area contributed by atoms with Crippen LogP contribution in [-0.4, -0.2) is 9.38 Å². The molecule has 0 atom stereocenters. The Kier molecular flexibility index (Phi) is 3.89. The molecular formula is C14H11Cl2N3OS. The fraction of sp³-hybridized carbons (Fsp3) is 0.143. The van der Waals surface area contributed by atoms with Gasteiger partial charge < -0.3 is 5.32 Å². The van der Waals surface area contributed by atoms with Crippen LogP contribution in [0.3, 0.4) is 0 Å². The first kappa shape index (κ1) is 14.4. The number of thiazole rings is 1. The Hall–Kier alpha value is -1.56. The molecule has 1 aromatic carbocycles. The molecule has 0 aliphatic heterocycles. The molecule has 0 spiro atoms. The quantitative estimate of drug-likeness (QED) is 0.784. The number of aromatic nitrogens is 2. The Balaban J connectivity index is 1.85.